The third-order valence-electron chi connectivity index (χ3n) is 6.45. The first-order valence-electron chi connectivity index (χ1n) is 13.1. The minimum Gasteiger partial charge on any atom is -0.491 e. The molecule has 2 atom stereocenters. The van der Waals surface area contributed by atoms with Crippen LogP contribution in [0.15, 0.2) is 66.7 Å². The first-order valence-corrected chi connectivity index (χ1v) is 14.9. The predicted octanol–water partition coefficient (Wildman–Crippen LogP) is 5.50. The van der Waals surface area contributed by atoms with E-state index in [0.29, 0.717) is 25.4 Å². The molecule has 8 nitrogen and oxygen atoms in total. The molecule has 39 heavy (non-hydrogen) atoms. The van der Waals surface area contributed by atoms with Gasteiger partial charge in [-0.15, -0.1) is 0 Å². The zero-order chi connectivity index (χ0) is 28.0. The maximum atomic E-state index is 12.8. The van der Waals surface area contributed by atoms with E-state index in [1.807, 2.05) is 57.2 Å². The van der Waals surface area contributed by atoms with E-state index in [-0.39, 0.29) is 31.3 Å². The number of amides is 1. The van der Waals surface area contributed by atoms with E-state index in [9.17, 15) is 13.2 Å². The molecule has 0 radical (unpaired) electrons. The van der Waals surface area contributed by atoms with Crippen LogP contribution in [0.4, 0.5) is 4.79 Å². The summed E-state index contributed by atoms with van der Waals surface area (Å²) in [5.41, 5.74) is 1.58. The quantitative estimate of drug-likeness (QED) is 0.254. The van der Waals surface area contributed by atoms with Crippen LogP contribution in [0.2, 0.25) is 0 Å². The Morgan fingerprint density at radius 1 is 0.974 bits per heavy atom. The van der Waals surface area contributed by atoms with Gasteiger partial charge in [-0.05, 0) is 67.3 Å². The average Bonchev–Trinajstić information content (AvgIpc) is 2.88. The molecule has 9 heteroatoms. The van der Waals surface area contributed by atoms with Crippen LogP contribution in [-0.2, 0) is 30.4 Å². The van der Waals surface area contributed by atoms with Crippen molar-refractivity contribution in [3.8, 4) is 5.75 Å². The highest BCUT2D eigenvalue weighted by Gasteiger charge is 2.35. The van der Waals surface area contributed by atoms with E-state index in [1.54, 1.807) is 4.90 Å². The van der Waals surface area contributed by atoms with Crippen LogP contribution in [0.1, 0.15) is 44.2 Å². The minimum atomic E-state index is -3.49. The molecule has 0 bridgehead atoms. The summed E-state index contributed by atoms with van der Waals surface area (Å²) in [5.74, 6) is 0.697. The summed E-state index contributed by atoms with van der Waals surface area (Å²) in [4.78, 5) is 14.6. The normalized spacial score (nSPS) is 18.2. The summed E-state index contributed by atoms with van der Waals surface area (Å²) in [5, 5.41) is 2.34. The number of likely N-dealkylation sites (tertiary alicyclic amines) is 1. The Kier molecular flexibility index (Phi) is 9.15. The van der Waals surface area contributed by atoms with Crippen LogP contribution in [0.25, 0.3) is 10.8 Å². The van der Waals surface area contributed by atoms with E-state index in [4.69, 9.17) is 18.4 Å². The molecule has 1 aliphatic rings. The zero-order valence-corrected chi connectivity index (χ0v) is 23.8. The zero-order valence-electron chi connectivity index (χ0n) is 23.0. The summed E-state index contributed by atoms with van der Waals surface area (Å²) in [6, 6.07) is 22.2. The maximum Gasteiger partial charge on any atom is 0.410 e. The molecule has 3 aromatic carbocycles. The van der Waals surface area contributed by atoms with Gasteiger partial charge in [0.15, 0.2) is 0 Å². The lowest BCUT2D eigenvalue weighted by Gasteiger charge is -2.39. The molecule has 1 fully saturated rings. The van der Waals surface area contributed by atoms with Gasteiger partial charge in [0.1, 0.15) is 24.6 Å². The second-order valence-electron chi connectivity index (χ2n) is 10.8. The SMILES string of the molecule is CC(C)(C)OC(=O)N1CCC(c2ccc(OCCOS(C)(=O)=O)cc2)C(OCc2ccc3ccccc3c2)C1. The number of hydrogen-bond donors (Lipinski definition) is 0. The highest BCUT2D eigenvalue weighted by atomic mass is 32.2. The Morgan fingerprint density at radius 2 is 1.69 bits per heavy atom. The second kappa shape index (κ2) is 12.4. The number of piperidine rings is 1. The molecular weight excluding hydrogens is 518 g/mol. The van der Waals surface area contributed by atoms with Gasteiger partial charge in [0.05, 0.1) is 25.5 Å². The summed E-state index contributed by atoms with van der Waals surface area (Å²) in [7, 11) is -3.49. The monoisotopic (exact) mass is 555 g/mol. The fraction of sp³-hybridized carbons (Fsp3) is 0.433. The van der Waals surface area contributed by atoms with E-state index in [2.05, 4.69) is 30.3 Å². The lowest BCUT2D eigenvalue weighted by Crippen LogP contribution is -2.48. The first-order chi connectivity index (χ1) is 18.5. The second-order valence-corrected chi connectivity index (χ2v) is 12.4. The number of fused-ring (bicyclic) bond motifs is 1. The Morgan fingerprint density at radius 3 is 2.38 bits per heavy atom. The molecule has 1 saturated heterocycles. The number of ether oxygens (including phenoxy) is 3. The topological polar surface area (TPSA) is 91.4 Å². The van der Waals surface area contributed by atoms with Gasteiger partial charge in [-0.1, -0.05) is 48.5 Å². The molecule has 2 unspecified atom stereocenters. The van der Waals surface area contributed by atoms with Crippen LogP contribution < -0.4 is 4.74 Å². The van der Waals surface area contributed by atoms with E-state index >= 15 is 0 Å². The number of benzene rings is 3. The van der Waals surface area contributed by atoms with Crippen molar-refractivity contribution in [3.63, 3.8) is 0 Å². The van der Waals surface area contributed by atoms with Crippen molar-refractivity contribution in [2.24, 2.45) is 0 Å². The van der Waals surface area contributed by atoms with Crippen molar-refractivity contribution in [2.45, 2.75) is 51.4 Å². The highest BCUT2D eigenvalue weighted by Crippen LogP contribution is 2.33. The molecule has 0 aliphatic carbocycles. The van der Waals surface area contributed by atoms with Crippen LogP contribution in [0, 0.1) is 0 Å². The summed E-state index contributed by atoms with van der Waals surface area (Å²) in [6.45, 7) is 7.08. The molecule has 1 heterocycles. The van der Waals surface area contributed by atoms with Gasteiger partial charge in [-0.2, -0.15) is 8.42 Å². The van der Waals surface area contributed by atoms with Gasteiger partial charge in [-0.25, -0.2) is 4.79 Å². The molecule has 0 spiro atoms. The van der Waals surface area contributed by atoms with E-state index < -0.39 is 15.7 Å². The van der Waals surface area contributed by atoms with Crippen molar-refractivity contribution in [1.29, 1.82) is 0 Å². The summed E-state index contributed by atoms with van der Waals surface area (Å²) < 4.78 is 44.7. The van der Waals surface area contributed by atoms with Gasteiger partial charge in [0.2, 0.25) is 0 Å². The number of nitrogens with zero attached hydrogens (tertiary/aromatic N) is 1. The van der Waals surface area contributed by atoms with Gasteiger partial charge >= 0.3 is 6.09 Å². The molecule has 0 aromatic heterocycles. The van der Waals surface area contributed by atoms with Crippen molar-refractivity contribution in [3.05, 3.63) is 77.9 Å². The average molecular weight is 556 g/mol. The van der Waals surface area contributed by atoms with Gasteiger partial charge in [0.25, 0.3) is 10.1 Å². The number of rotatable bonds is 9. The Labute approximate surface area is 230 Å². The Hall–Kier alpha value is -3.14. The van der Waals surface area contributed by atoms with Crippen LogP contribution in [-0.4, -0.2) is 63.7 Å². The molecule has 0 N–H and O–H groups in total. The first kappa shape index (κ1) is 28.9. The fourth-order valence-corrected chi connectivity index (χ4v) is 5.02. The molecule has 3 aromatic rings. The van der Waals surface area contributed by atoms with E-state index in [0.717, 1.165) is 29.2 Å². The predicted molar refractivity (Wildman–Crippen MR) is 150 cm³/mol. The van der Waals surface area contributed by atoms with Crippen molar-refractivity contribution in [1.82, 2.24) is 4.90 Å². The smallest absolute Gasteiger partial charge is 0.410 e. The maximum absolute atomic E-state index is 12.8. The largest absolute Gasteiger partial charge is 0.491 e. The molecule has 1 amide bonds. The number of carbonyl (C=O) groups is 1. The lowest BCUT2D eigenvalue weighted by molar-refractivity contribution is -0.0359. The highest BCUT2D eigenvalue weighted by molar-refractivity contribution is 7.85. The molecule has 210 valence electrons. The van der Waals surface area contributed by atoms with Crippen LogP contribution >= 0.6 is 0 Å². The Bertz CT molecular complexity index is 1370. The van der Waals surface area contributed by atoms with Gasteiger partial charge in [0, 0.05) is 12.5 Å². The molecule has 1 aliphatic heterocycles. The van der Waals surface area contributed by atoms with E-state index in [1.165, 1.54) is 5.39 Å². The third-order valence-corrected chi connectivity index (χ3v) is 7.04. The number of hydrogen-bond acceptors (Lipinski definition) is 7. The van der Waals surface area contributed by atoms with Crippen LogP contribution in [0.5, 0.6) is 5.75 Å². The van der Waals surface area contributed by atoms with Gasteiger partial charge < -0.3 is 19.1 Å². The summed E-state index contributed by atoms with van der Waals surface area (Å²) >= 11 is 0. The van der Waals surface area contributed by atoms with Crippen LogP contribution in [0.3, 0.4) is 0 Å². The Balaban J connectivity index is 1.45. The molecular formula is C30H37NO7S. The molecule has 0 saturated carbocycles. The van der Waals surface area contributed by atoms with Crippen molar-refractivity contribution in [2.75, 3.05) is 32.6 Å². The van der Waals surface area contributed by atoms with Crippen molar-refractivity contribution < 1.29 is 31.6 Å². The minimum absolute atomic E-state index is 0.0472. The standard InChI is InChI=1S/C30H37NO7S/c1-30(2,3)38-29(32)31-16-15-27(24-11-13-26(14-12-24)35-17-18-37-39(4,33)34)28(20-31)36-21-22-9-10-23-7-5-6-8-25(23)19-22/h5-14,19,27-28H,15-18,20-21H2,1-4H3. The summed E-state index contributed by atoms with van der Waals surface area (Å²) in [6.07, 6.45) is 1.17. The van der Waals surface area contributed by atoms with Crippen molar-refractivity contribution >= 4 is 27.0 Å². The van der Waals surface area contributed by atoms with Gasteiger partial charge in [-0.3, -0.25) is 4.18 Å². The lowest BCUT2D eigenvalue weighted by atomic mass is 9.87. The third kappa shape index (κ3) is 8.68. The fourth-order valence-electron chi connectivity index (χ4n) is 4.65. The molecule has 4 rings (SSSR count). The number of carbonyl (C=O) groups excluding carboxylic acids is 1.